The summed E-state index contributed by atoms with van der Waals surface area (Å²) in [6.07, 6.45) is 4.99. The molecule has 0 saturated carbocycles. The van der Waals surface area contributed by atoms with Gasteiger partial charge in [0.25, 0.3) is 5.91 Å². The van der Waals surface area contributed by atoms with Crippen LogP contribution < -0.4 is 25.2 Å². The van der Waals surface area contributed by atoms with Gasteiger partial charge in [0.05, 0.1) is 23.6 Å². The number of hydrogen-bond donors (Lipinski definition) is 2. The van der Waals surface area contributed by atoms with Crippen molar-refractivity contribution in [1.82, 2.24) is 10.7 Å². The van der Waals surface area contributed by atoms with Crippen molar-refractivity contribution in [1.29, 1.82) is 0 Å². The number of ether oxygens (including phenoxy) is 2. The van der Waals surface area contributed by atoms with Crippen LogP contribution in [-0.2, 0) is 9.59 Å². The molecule has 2 aromatic rings. The number of allylic oxidation sites excluding steroid dienone is 2. The molecule has 2 N–H and O–H groups in total. The highest BCUT2D eigenvalue weighted by Crippen LogP contribution is 2.34. The molecule has 3 atom stereocenters. The van der Waals surface area contributed by atoms with Crippen LogP contribution in [0.5, 0.6) is 11.5 Å². The van der Waals surface area contributed by atoms with E-state index in [4.69, 9.17) is 9.47 Å². The number of hydrogen-bond acceptors (Lipinski definition) is 5. The van der Waals surface area contributed by atoms with E-state index in [0.29, 0.717) is 48.8 Å². The maximum absolute atomic E-state index is 13.0. The third-order valence-corrected chi connectivity index (χ3v) is 6.31. The second-order valence-corrected chi connectivity index (χ2v) is 8.45. The molecule has 1 aliphatic carbocycles. The lowest BCUT2D eigenvalue weighted by atomic mass is 9.80. The van der Waals surface area contributed by atoms with Crippen molar-refractivity contribution >= 4 is 23.4 Å². The quantitative estimate of drug-likeness (QED) is 0.703. The lowest BCUT2D eigenvalue weighted by Crippen LogP contribution is -2.59. The van der Waals surface area contributed by atoms with E-state index in [-0.39, 0.29) is 35.6 Å². The number of amides is 3. The number of carbonyl (C=O) groups is 3. The monoisotopic (exact) mass is 447 g/mol. The molecule has 3 aliphatic rings. The number of benzene rings is 2. The van der Waals surface area contributed by atoms with Crippen LogP contribution in [0.15, 0.2) is 54.6 Å². The molecular formula is C25H25N3O5. The lowest BCUT2D eigenvalue weighted by Gasteiger charge is -2.38. The number of hydrazine groups is 1. The predicted octanol–water partition coefficient (Wildman–Crippen LogP) is 2.91. The molecule has 0 radical (unpaired) electrons. The second kappa shape index (κ2) is 8.61. The minimum absolute atomic E-state index is 0.161. The van der Waals surface area contributed by atoms with Crippen molar-refractivity contribution < 1.29 is 23.9 Å². The van der Waals surface area contributed by atoms with Gasteiger partial charge in [-0.2, -0.15) is 0 Å². The first-order valence-corrected chi connectivity index (χ1v) is 11.1. The average Bonchev–Trinajstić information content (AvgIpc) is 2.86. The molecule has 33 heavy (non-hydrogen) atoms. The zero-order valence-electron chi connectivity index (χ0n) is 18.2. The maximum Gasteiger partial charge on any atom is 0.251 e. The topological polar surface area (TPSA) is 97.0 Å². The molecule has 8 nitrogen and oxygen atoms in total. The number of carbonyl (C=O) groups excluding carboxylic acids is 3. The molecule has 2 aliphatic heterocycles. The zero-order valence-corrected chi connectivity index (χ0v) is 18.2. The second-order valence-electron chi connectivity index (χ2n) is 8.45. The lowest BCUT2D eigenvalue weighted by molar-refractivity contribution is -0.139. The maximum atomic E-state index is 13.0. The summed E-state index contributed by atoms with van der Waals surface area (Å²) in [6.45, 7) is 2.90. The molecule has 0 unspecified atom stereocenters. The number of rotatable bonds is 4. The van der Waals surface area contributed by atoms with Crippen molar-refractivity contribution in [2.45, 2.75) is 25.8 Å². The molecule has 1 fully saturated rings. The Kier molecular flexibility index (Phi) is 5.50. The van der Waals surface area contributed by atoms with Crippen LogP contribution in [0.1, 0.15) is 41.7 Å². The van der Waals surface area contributed by atoms with Gasteiger partial charge in [0.1, 0.15) is 13.2 Å². The molecule has 0 spiro atoms. The third-order valence-electron chi connectivity index (χ3n) is 6.31. The Labute approximate surface area is 191 Å². The number of fused-ring (bicyclic) bond motifs is 2. The van der Waals surface area contributed by atoms with Crippen molar-refractivity contribution in [3.8, 4) is 11.5 Å². The van der Waals surface area contributed by atoms with Crippen LogP contribution in [0.4, 0.5) is 5.69 Å². The van der Waals surface area contributed by atoms with Gasteiger partial charge in [-0.05, 0) is 55.7 Å². The van der Waals surface area contributed by atoms with Gasteiger partial charge in [-0.3, -0.25) is 19.8 Å². The summed E-state index contributed by atoms with van der Waals surface area (Å²) in [5.41, 5.74) is 4.44. The Morgan fingerprint density at radius 3 is 2.61 bits per heavy atom. The fourth-order valence-corrected chi connectivity index (χ4v) is 4.46. The zero-order chi connectivity index (χ0) is 22.9. The van der Waals surface area contributed by atoms with Crippen LogP contribution in [0.2, 0.25) is 0 Å². The van der Waals surface area contributed by atoms with Gasteiger partial charge in [-0.15, -0.1) is 0 Å². The fourth-order valence-electron chi connectivity index (χ4n) is 4.46. The Morgan fingerprint density at radius 2 is 1.79 bits per heavy atom. The molecule has 5 rings (SSSR count). The average molecular weight is 447 g/mol. The minimum atomic E-state index is -0.378. The summed E-state index contributed by atoms with van der Waals surface area (Å²) < 4.78 is 11.2. The minimum Gasteiger partial charge on any atom is -0.486 e. The van der Waals surface area contributed by atoms with Crippen molar-refractivity contribution in [2.75, 3.05) is 18.2 Å². The summed E-state index contributed by atoms with van der Waals surface area (Å²) in [5.74, 6) is 0.0245. The van der Waals surface area contributed by atoms with Crippen LogP contribution in [0.3, 0.4) is 0 Å². The summed E-state index contributed by atoms with van der Waals surface area (Å²) in [6, 6.07) is 12.0. The van der Waals surface area contributed by atoms with E-state index in [9.17, 15) is 14.4 Å². The number of anilines is 1. The van der Waals surface area contributed by atoms with Crippen molar-refractivity contribution in [2.24, 2.45) is 11.8 Å². The molecule has 0 aromatic heterocycles. The molecule has 3 amide bonds. The molecular weight excluding hydrogens is 422 g/mol. The van der Waals surface area contributed by atoms with Gasteiger partial charge < -0.3 is 14.8 Å². The summed E-state index contributed by atoms with van der Waals surface area (Å²) in [7, 11) is 0. The first kappa shape index (κ1) is 21.1. The Bertz CT molecular complexity index is 1140. The Hall–Kier alpha value is -3.81. The van der Waals surface area contributed by atoms with Crippen LogP contribution in [0.25, 0.3) is 0 Å². The van der Waals surface area contributed by atoms with Gasteiger partial charge in [0, 0.05) is 5.56 Å². The Morgan fingerprint density at radius 1 is 1.03 bits per heavy atom. The highest BCUT2D eigenvalue weighted by Gasteiger charge is 2.42. The van der Waals surface area contributed by atoms with E-state index in [2.05, 4.69) is 10.7 Å². The van der Waals surface area contributed by atoms with Crippen molar-refractivity contribution in [3.63, 3.8) is 0 Å². The van der Waals surface area contributed by atoms with E-state index in [1.54, 1.807) is 24.3 Å². The van der Waals surface area contributed by atoms with Gasteiger partial charge in [0.2, 0.25) is 11.8 Å². The van der Waals surface area contributed by atoms with E-state index in [0.717, 1.165) is 5.56 Å². The van der Waals surface area contributed by atoms with Crippen LogP contribution in [-0.4, -0.2) is 30.9 Å². The number of nitrogens with zero attached hydrogens (tertiary/aromatic N) is 1. The first-order valence-electron chi connectivity index (χ1n) is 11.1. The van der Waals surface area contributed by atoms with Gasteiger partial charge >= 0.3 is 0 Å². The van der Waals surface area contributed by atoms with Gasteiger partial charge in [0.15, 0.2) is 11.5 Å². The molecule has 2 aromatic carbocycles. The summed E-state index contributed by atoms with van der Waals surface area (Å²) in [5, 5.41) is 4.25. The highest BCUT2D eigenvalue weighted by atomic mass is 16.6. The van der Waals surface area contributed by atoms with E-state index < -0.39 is 0 Å². The largest absolute Gasteiger partial charge is 0.486 e. The molecule has 0 bridgehead atoms. The van der Waals surface area contributed by atoms with E-state index >= 15 is 0 Å². The van der Waals surface area contributed by atoms with Crippen LogP contribution in [0, 0.1) is 11.8 Å². The molecule has 170 valence electrons. The van der Waals surface area contributed by atoms with Gasteiger partial charge in [-0.1, -0.05) is 24.3 Å². The summed E-state index contributed by atoms with van der Waals surface area (Å²) in [4.78, 5) is 38.5. The van der Waals surface area contributed by atoms with Crippen LogP contribution >= 0.6 is 0 Å². The normalized spacial score (nSPS) is 22.3. The highest BCUT2D eigenvalue weighted by molar-refractivity contribution is 6.05. The Balaban J connectivity index is 1.31. The number of nitrogens with one attached hydrogen (secondary N) is 2. The van der Waals surface area contributed by atoms with E-state index in [1.807, 2.05) is 37.3 Å². The molecule has 1 saturated heterocycles. The standard InChI is InChI=1S/C25H25N3O5/c1-15(16-9-10-21-22(14-16)33-12-11-32-21)26-23(29)17-5-4-6-18(13-17)28-25(31)20-8-3-2-7-19(20)24(30)27-28/h2-6,9-10,13-15,19-20H,7-8,11-12H2,1H3,(H,26,29)(H,27,30)/t15-,19+,20+/m0/s1. The third kappa shape index (κ3) is 4.04. The van der Waals surface area contributed by atoms with Crippen molar-refractivity contribution in [3.05, 3.63) is 65.7 Å². The first-order chi connectivity index (χ1) is 16.0. The van der Waals surface area contributed by atoms with E-state index in [1.165, 1.54) is 5.01 Å². The molecule has 8 heteroatoms. The fraction of sp³-hybridized carbons (Fsp3) is 0.320. The summed E-state index contributed by atoms with van der Waals surface area (Å²) >= 11 is 0. The van der Waals surface area contributed by atoms with Gasteiger partial charge in [-0.25, -0.2) is 5.01 Å². The predicted molar refractivity (Wildman–Crippen MR) is 121 cm³/mol. The molecule has 2 heterocycles. The SMILES string of the molecule is C[C@H](NC(=O)c1cccc(N2NC(=O)[C@@H]3CC=CC[C@H]3C2=O)c1)c1ccc2c(c1)OCCO2. The smallest absolute Gasteiger partial charge is 0.251 e.